The van der Waals surface area contributed by atoms with Gasteiger partial charge in [-0.05, 0) is 12.8 Å². The van der Waals surface area contributed by atoms with Crippen LogP contribution in [0.5, 0.6) is 0 Å². The maximum Gasteiger partial charge on any atom is 0.334 e. The number of rotatable bonds is 4. The zero-order valence-electron chi connectivity index (χ0n) is 17.0. The molecule has 2 aliphatic rings. The molecule has 0 aromatic rings. The van der Waals surface area contributed by atoms with Crippen LogP contribution in [0.2, 0.25) is 0 Å². The predicted octanol–water partition coefficient (Wildman–Crippen LogP) is 1.45. The van der Waals surface area contributed by atoms with Gasteiger partial charge in [0.15, 0.2) is 6.10 Å². The molecule has 0 saturated carbocycles. The Balaban J connectivity index is 0. The molecule has 0 radical (unpaired) electrons. The van der Waals surface area contributed by atoms with E-state index in [1.807, 2.05) is 27.7 Å². The molecule has 2 rings (SSSR count). The number of hydrogen-bond donors (Lipinski definition) is 2. The van der Waals surface area contributed by atoms with Gasteiger partial charge in [0.25, 0.3) is 0 Å². The molecule has 2 N–H and O–H groups in total. The fourth-order valence-corrected chi connectivity index (χ4v) is 2.58. The van der Waals surface area contributed by atoms with E-state index in [0.29, 0.717) is 26.1 Å². The molecule has 9 nitrogen and oxygen atoms in total. The molecule has 0 bridgehead atoms. The van der Waals surface area contributed by atoms with E-state index in [2.05, 4.69) is 0 Å². The number of carboxylic acids is 2. The van der Waals surface area contributed by atoms with Crippen LogP contribution in [0.15, 0.2) is 0 Å². The van der Waals surface area contributed by atoms with Gasteiger partial charge in [0.05, 0.1) is 19.6 Å². The molecule has 2 fully saturated rings. The largest absolute Gasteiger partial charge is 0.481 e. The van der Waals surface area contributed by atoms with Crippen molar-refractivity contribution in [3.8, 4) is 0 Å². The first-order valence-corrected chi connectivity index (χ1v) is 9.38. The van der Waals surface area contributed by atoms with Crippen LogP contribution in [-0.4, -0.2) is 82.7 Å². The quantitative estimate of drug-likeness (QED) is 0.696. The van der Waals surface area contributed by atoms with Crippen molar-refractivity contribution in [1.82, 2.24) is 9.80 Å². The van der Waals surface area contributed by atoms with Crippen LogP contribution in [0.1, 0.15) is 53.9 Å². The monoisotopic (exact) mass is 390 g/mol. The summed E-state index contributed by atoms with van der Waals surface area (Å²) in [6.45, 7) is 11.1. The summed E-state index contributed by atoms with van der Waals surface area (Å²) in [6.07, 6.45) is 1.62. The molecule has 2 unspecified atom stereocenters. The zero-order valence-corrected chi connectivity index (χ0v) is 17.0. The Morgan fingerprint density at radius 1 is 1.11 bits per heavy atom. The SMILES string of the molecule is CC.CC.CC(=O)N1CCCC1CC(=O)O.O=CN1CCOC(C(=O)O)C1. The lowest BCUT2D eigenvalue weighted by Crippen LogP contribution is -2.45. The summed E-state index contributed by atoms with van der Waals surface area (Å²) in [4.78, 5) is 44.9. The Kier molecular flexibility index (Phi) is 16.1. The van der Waals surface area contributed by atoms with Crippen LogP contribution in [0.25, 0.3) is 0 Å². The fourth-order valence-electron chi connectivity index (χ4n) is 2.58. The van der Waals surface area contributed by atoms with Gasteiger partial charge in [-0.15, -0.1) is 0 Å². The number of amides is 2. The topological polar surface area (TPSA) is 124 Å². The molecule has 2 aliphatic heterocycles. The second kappa shape index (κ2) is 16.0. The highest BCUT2D eigenvalue weighted by atomic mass is 16.5. The highest BCUT2D eigenvalue weighted by molar-refractivity contribution is 5.75. The number of carbonyl (C=O) groups excluding carboxylic acids is 2. The lowest BCUT2D eigenvalue weighted by atomic mass is 10.1. The molecule has 158 valence electrons. The molecular weight excluding hydrogens is 356 g/mol. The van der Waals surface area contributed by atoms with Gasteiger partial charge in [0.1, 0.15) is 0 Å². The second-order valence-electron chi connectivity index (χ2n) is 5.40. The average Bonchev–Trinajstić information content (AvgIpc) is 3.13. The van der Waals surface area contributed by atoms with Crippen molar-refractivity contribution in [3.05, 3.63) is 0 Å². The van der Waals surface area contributed by atoms with E-state index in [1.54, 1.807) is 4.90 Å². The molecule has 27 heavy (non-hydrogen) atoms. The molecule has 0 aliphatic carbocycles. The summed E-state index contributed by atoms with van der Waals surface area (Å²) in [5.41, 5.74) is 0. The van der Waals surface area contributed by atoms with Crippen LogP contribution in [0, 0.1) is 0 Å². The van der Waals surface area contributed by atoms with Gasteiger partial charge < -0.3 is 24.7 Å². The Hall–Kier alpha value is -2.16. The minimum atomic E-state index is -1.02. The first-order chi connectivity index (χ1) is 12.8. The number of carbonyl (C=O) groups is 4. The van der Waals surface area contributed by atoms with Crippen LogP contribution >= 0.6 is 0 Å². The molecule has 2 heterocycles. The maximum absolute atomic E-state index is 11.0. The van der Waals surface area contributed by atoms with Crippen molar-refractivity contribution in [2.75, 3.05) is 26.2 Å². The Bertz CT molecular complexity index is 457. The molecule has 2 saturated heterocycles. The van der Waals surface area contributed by atoms with Gasteiger partial charge >= 0.3 is 11.9 Å². The van der Waals surface area contributed by atoms with Gasteiger partial charge in [-0.3, -0.25) is 14.4 Å². The molecule has 2 amide bonds. The fraction of sp³-hybridized carbons (Fsp3) is 0.778. The molecule has 9 heteroatoms. The van der Waals surface area contributed by atoms with Crippen LogP contribution in [-0.2, 0) is 23.9 Å². The van der Waals surface area contributed by atoms with Crippen molar-refractivity contribution in [2.45, 2.75) is 66.0 Å². The Labute approximate surface area is 161 Å². The summed E-state index contributed by atoms with van der Waals surface area (Å²) in [6, 6.07) is -0.0694. The van der Waals surface area contributed by atoms with Gasteiger partial charge in [-0.2, -0.15) is 0 Å². The minimum Gasteiger partial charge on any atom is -0.481 e. The third kappa shape index (κ3) is 11.2. The first-order valence-electron chi connectivity index (χ1n) is 9.38. The van der Waals surface area contributed by atoms with Gasteiger partial charge in [-0.1, -0.05) is 27.7 Å². The molecule has 0 spiro atoms. The molecule has 2 atom stereocenters. The number of aliphatic carboxylic acids is 2. The van der Waals surface area contributed by atoms with Crippen molar-refractivity contribution in [2.24, 2.45) is 0 Å². The van der Waals surface area contributed by atoms with E-state index >= 15 is 0 Å². The maximum atomic E-state index is 11.0. The summed E-state index contributed by atoms with van der Waals surface area (Å²) >= 11 is 0. The zero-order chi connectivity index (χ0) is 21.4. The smallest absolute Gasteiger partial charge is 0.334 e. The highest BCUT2D eigenvalue weighted by Crippen LogP contribution is 2.19. The highest BCUT2D eigenvalue weighted by Gasteiger charge is 2.28. The van der Waals surface area contributed by atoms with E-state index < -0.39 is 18.0 Å². The van der Waals surface area contributed by atoms with Crippen molar-refractivity contribution < 1.29 is 34.1 Å². The van der Waals surface area contributed by atoms with Crippen LogP contribution < -0.4 is 0 Å². The number of nitrogens with zero attached hydrogens (tertiary/aromatic N) is 2. The van der Waals surface area contributed by atoms with Crippen LogP contribution in [0.4, 0.5) is 0 Å². The summed E-state index contributed by atoms with van der Waals surface area (Å²) in [5.74, 6) is -1.86. The van der Waals surface area contributed by atoms with Crippen LogP contribution in [0.3, 0.4) is 0 Å². The third-order valence-electron chi connectivity index (χ3n) is 3.71. The lowest BCUT2D eigenvalue weighted by molar-refractivity contribution is -0.157. The minimum absolute atomic E-state index is 0.0150. The lowest BCUT2D eigenvalue weighted by Gasteiger charge is -2.27. The van der Waals surface area contributed by atoms with Gasteiger partial charge in [-0.25, -0.2) is 4.79 Å². The standard InChI is InChI=1S/C8H13NO3.C6H9NO4.2C2H6/c1-6(10)9-4-2-3-7(9)5-8(11)12;8-4-7-1-2-11-5(3-7)6(9)10;2*1-2/h7H,2-5H2,1H3,(H,11,12);4-5H,1-3H2,(H,9,10);2*1-2H3. The number of hydrogen-bond acceptors (Lipinski definition) is 5. The average molecular weight is 390 g/mol. The normalized spacial score (nSPS) is 20.6. The summed E-state index contributed by atoms with van der Waals surface area (Å²) in [5, 5.41) is 17.0. The Morgan fingerprint density at radius 2 is 1.70 bits per heavy atom. The number of ether oxygens (including phenoxy) is 1. The molecule has 0 aromatic heterocycles. The number of morpholine rings is 1. The van der Waals surface area contributed by atoms with E-state index in [9.17, 15) is 19.2 Å². The summed E-state index contributed by atoms with van der Waals surface area (Å²) in [7, 11) is 0. The van der Waals surface area contributed by atoms with Gasteiger partial charge in [0.2, 0.25) is 12.3 Å². The first kappa shape index (κ1) is 27.1. The van der Waals surface area contributed by atoms with E-state index in [1.165, 1.54) is 11.8 Å². The summed E-state index contributed by atoms with van der Waals surface area (Å²) < 4.78 is 4.87. The van der Waals surface area contributed by atoms with Crippen molar-refractivity contribution >= 4 is 24.3 Å². The van der Waals surface area contributed by atoms with E-state index in [0.717, 1.165) is 12.8 Å². The second-order valence-corrected chi connectivity index (χ2v) is 5.40. The molecule has 0 aromatic carbocycles. The predicted molar refractivity (Wildman–Crippen MR) is 100 cm³/mol. The van der Waals surface area contributed by atoms with Gasteiger partial charge in [0, 0.05) is 26.1 Å². The van der Waals surface area contributed by atoms with Crippen molar-refractivity contribution in [1.29, 1.82) is 0 Å². The van der Waals surface area contributed by atoms with E-state index in [-0.39, 0.29) is 24.9 Å². The molecular formula is C18H34N2O7. The Morgan fingerprint density at radius 3 is 2.15 bits per heavy atom. The van der Waals surface area contributed by atoms with Crippen molar-refractivity contribution in [3.63, 3.8) is 0 Å². The number of carboxylic acid groups (broad SMARTS) is 2. The number of likely N-dealkylation sites (tertiary alicyclic amines) is 1. The third-order valence-corrected chi connectivity index (χ3v) is 3.71. The van der Waals surface area contributed by atoms with E-state index in [4.69, 9.17) is 14.9 Å².